The van der Waals surface area contributed by atoms with E-state index in [1.54, 1.807) is 0 Å². The average molecular weight is 226 g/mol. The Bertz CT molecular complexity index is 420. The fraction of sp³-hybridized carbons (Fsp3) is 0.250. The summed E-state index contributed by atoms with van der Waals surface area (Å²) in [5, 5.41) is 21.9. The van der Waals surface area contributed by atoms with Crippen LogP contribution in [-0.4, -0.2) is 34.1 Å². The van der Waals surface area contributed by atoms with Crippen molar-refractivity contribution in [3.63, 3.8) is 0 Å². The number of nitrogens with two attached hydrogens (primary N) is 1. The molecule has 4 N–H and O–H groups in total. The Morgan fingerprint density at radius 3 is 2.88 bits per heavy atom. The second kappa shape index (κ2) is 5.03. The van der Waals surface area contributed by atoms with E-state index in [2.05, 4.69) is 10.3 Å². The number of carbonyl (C=O) groups is 1. The number of aromatic carboxylic acids is 1. The number of pyridine rings is 1. The molecule has 0 saturated heterocycles. The van der Waals surface area contributed by atoms with E-state index in [0.717, 1.165) is 12.3 Å². The van der Waals surface area contributed by atoms with Crippen molar-refractivity contribution >= 4 is 17.5 Å². The van der Waals surface area contributed by atoms with Gasteiger partial charge in [0.1, 0.15) is 17.6 Å². The number of nitro groups is 1. The Labute approximate surface area is 90.2 Å². The van der Waals surface area contributed by atoms with E-state index in [4.69, 9.17) is 10.8 Å². The molecule has 0 aliphatic heterocycles. The Morgan fingerprint density at radius 2 is 2.38 bits per heavy atom. The van der Waals surface area contributed by atoms with Gasteiger partial charge in [-0.2, -0.15) is 0 Å². The van der Waals surface area contributed by atoms with Gasteiger partial charge in [0.05, 0.1) is 4.92 Å². The van der Waals surface area contributed by atoms with E-state index < -0.39 is 10.9 Å². The van der Waals surface area contributed by atoms with Gasteiger partial charge in [0.25, 0.3) is 5.69 Å². The summed E-state index contributed by atoms with van der Waals surface area (Å²) < 4.78 is 0. The number of rotatable bonds is 5. The van der Waals surface area contributed by atoms with E-state index in [1.807, 2.05) is 0 Å². The molecule has 0 amide bonds. The molecule has 0 aliphatic carbocycles. The molecule has 0 aromatic carbocycles. The highest BCUT2D eigenvalue weighted by Gasteiger charge is 2.16. The van der Waals surface area contributed by atoms with Gasteiger partial charge in [0, 0.05) is 19.2 Å². The number of hydrogen-bond acceptors (Lipinski definition) is 6. The molecule has 0 bridgehead atoms. The zero-order valence-electron chi connectivity index (χ0n) is 8.21. The summed E-state index contributed by atoms with van der Waals surface area (Å²) in [7, 11) is 0. The molecular formula is C8H10N4O4. The monoisotopic (exact) mass is 226 g/mol. The van der Waals surface area contributed by atoms with Crippen LogP contribution in [0, 0.1) is 10.1 Å². The maximum Gasteiger partial charge on any atom is 0.339 e. The summed E-state index contributed by atoms with van der Waals surface area (Å²) in [6.07, 6.45) is 0.991. The molecule has 0 saturated carbocycles. The van der Waals surface area contributed by atoms with Gasteiger partial charge in [0.15, 0.2) is 0 Å². The quantitative estimate of drug-likeness (QED) is 0.477. The van der Waals surface area contributed by atoms with Crippen LogP contribution in [0.1, 0.15) is 10.4 Å². The normalized spacial score (nSPS) is 9.81. The minimum absolute atomic E-state index is 0.0727. The summed E-state index contributed by atoms with van der Waals surface area (Å²) in [4.78, 5) is 24.2. The minimum Gasteiger partial charge on any atom is -0.478 e. The van der Waals surface area contributed by atoms with Crippen molar-refractivity contribution in [3.8, 4) is 0 Å². The summed E-state index contributed by atoms with van der Waals surface area (Å²) >= 11 is 0. The van der Waals surface area contributed by atoms with Crippen molar-refractivity contribution in [1.82, 2.24) is 4.98 Å². The number of carboxylic acid groups (broad SMARTS) is 1. The smallest absolute Gasteiger partial charge is 0.339 e. The SMILES string of the molecule is NCCNc1ncc([N+](=O)[O-])cc1C(=O)O. The van der Waals surface area contributed by atoms with Crippen LogP contribution in [0.2, 0.25) is 0 Å². The molecule has 0 spiro atoms. The number of nitrogens with zero attached hydrogens (tertiary/aromatic N) is 2. The maximum atomic E-state index is 10.8. The Hall–Kier alpha value is -2.22. The predicted octanol–water partition coefficient (Wildman–Crippen LogP) is 0.0586. The lowest BCUT2D eigenvalue weighted by molar-refractivity contribution is -0.385. The zero-order valence-corrected chi connectivity index (χ0v) is 8.21. The van der Waals surface area contributed by atoms with Gasteiger partial charge in [-0.1, -0.05) is 0 Å². The number of anilines is 1. The lowest BCUT2D eigenvalue weighted by Crippen LogP contribution is -2.16. The van der Waals surface area contributed by atoms with Crippen LogP contribution >= 0.6 is 0 Å². The van der Waals surface area contributed by atoms with Gasteiger partial charge in [-0.3, -0.25) is 10.1 Å². The van der Waals surface area contributed by atoms with Crippen LogP contribution in [0.4, 0.5) is 11.5 Å². The average Bonchev–Trinajstić information content (AvgIpc) is 2.25. The largest absolute Gasteiger partial charge is 0.478 e. The van der Waals surface area contributed by atoms with Crippen molar-refractivity contribution in [3.05, 3.63) is 27.9 Å². The fourth-order valence-corrected chi connectivity index (χ4v) is 1.05. The lowest BCUT2D eigenvalue weighted by Gasteiger charge is -2.06. The highest BCUT2D eigenvalue weighted by Crippen LogP contribution is 2.18. The summed E-state index contributed by atoms with van der Waals surface area (Å²) in [6.45, 7) is 0.642. The topological polar surface area (TPSA) is 131 Å². The number of carboxylic acids is 1. The maximum absolute atomic E-state index is 10.8. The molecule has 0 unspecified atom stereocenters. The van der Waals surface area contributed by atoms with Gasteiger partial charge in [-0.05, 0) is 0 Å². The lowest BCUT2D eigenvalue weighted by atomic mass is 10.2. The molecule has 0 aliphatic rings. The first-order valence-corrected chi connectivity index (χ1v) is 4.38. The van der Waals surface area contributed by atoms with Crippen LogP contribution in [0.5, 0.6) is 0 Å². The van der Waals surface area contributed by atoms with Crippen LogP contribution in [0.15, 0.2) is 12.3 Å². The van der Waals surface area contributed by atoms with E-state index in [1.165, 1.54) is 0 Å². The highest BCUT2D eigenvalue weighted by molar-refractivity contribution is 5.93. The molecule has 16 heavy (non-hydrogen) atoms. The first-order valence-electron chi connectivity index (χ1n) is 4.38. The van der Waals surface area contributed by atoms with Crippen LogP contribution in [0.3, 0.4) is 0 Å². The number of aromatic nitrogens is 1. The Kier molecular flexibility index (Phi) is 3.72. The molecule has 1 aromatic heterocycles. The first kappa shape index (κ1) is 11.9. The van der Waals surface area contributed by atoms with Crippen molar-refractivity contribution < 1.29 is 14.8 Å². The van der Waals surface area contributed by atoms with Crippen LogP contribution < -0.4 is 11.1 Å². The van der Waals surface area contributed by atoms with Crippen LogP contribution in [0.25, 0.3) is 0 Å². The molecule has 86 valence electrons. The van der Waals surface area contributed by atoms with Gasteiger partial charge in [0.2, 0.25) is 0 Å². The first-order chi connectivity index (χ1) is 7.56. The molecule has 1 rings (SSSR count). The molecule has 0 radical (unpaired) electrons. The van der Waals surface area contributed by atoms with E-state index in [9.17, 15) is 14.9 Å². The second-order valence-corrected chi connectivity index (χ2v) is 2.87. The minimum atomic E-state index is -1.28. The van der Waals surface area contributed by atoms with Crippen molar-refractivity contribution in [2.45, 2.75) is 0 Å². The van der Waals surface area contributed by atoms with Crippen molar-refractivity contribution in [2.24, 2.45) is 5.73 Å². The number of nitrogens with one attached hydrogen (secondary N) is 1. The molecule has 0 fully saturated rings. The van der Waals surface area contributed by atoms with Gasteiger partial charge < -0.3 is 16.2 Å². The zero-order chi connectivity index (χ0) is 12.1. The summed E-state index contributed by atoms with van der Waals surface area (Å²) in [6, 6.07) is 0.953. The Balaban J connectivity index is 3.09. The van der Waals surface area contributed by atoms with Gasteiger partial charge in [-0.15, -0.1) is 0 Å². The van der Waals surface area contributed by atoms with Crippen LogP contribution in [-0.2, 0) is 0 Å². The molecule has 1 heterocycles. The molecule has 1 aromatic rings. The van der Waals surface area contributed by atoms with Gasteiger partial charge >= 0.3 is 5.97 Å². The predicted molar refractivity (Wildman–Crippen MR) is 55.4 cm³/mol. The molecule has 8 heteroatoms. The van der Waals surface area contributed by atoms with E-state index in [-0.39, 0.29) is 17.1 Å². The molecule has 0 atom stereocenters. The number of hydrogen-bond donors (Lipinski definition) is 3. The fourth-order valence-electron chi connectivity index (χ4n) is 1.05. The van der Waals surface area contributed by atoms with E-state index >= 15 is 0 Å². The third-order valence-electron chi connectivity index (χ3n) is 1.75. The molecule has 8 nitrogen and oxygen atoms in total. The van der Waals surface area contributed by atoms with Crippen molar-refractivity contribution in [1.29, 1.82) is 0 Å². The van der Waals surface area contributed by atoms with Crippen molar-refractivity contribution in [2.75, 3.05) is 18.4 Å². The van der Waals surface area contributed by atoms with Gasteiger partial charge in [-0.25, -0.2) is 9.78 Å². The second-order valence-electron chi connectivity index (χ2n) is 2.87. The third kappa shape index (κ3) is 2.64. The summed E-state index contributed by atoms with van der Waals surface area (Å²) in [5.41, 5.74) is 4.62. The van der Waals surface area contributed by atoms with E-state index in [0.29, 0.717) is 13.1 Å². The third-order valence-corrected chi connectivity index (χ3v) is 1.75. The standard InChI is InChI=1S/C8H10N4O4/c9-1-2-10-7-6(8(13)14)3-5(4-11-7)12(15)16/h3-4H,1-2,9H2,(H,10,11)(H,13,14). The molecular weight excluding hydrogens is 216 g/mol. The highest BCUT2D eigenvalue weighted by atomic mass is 16.6. The Morgan fingerprint density at radius 1 is 1.69 bits per heavy atom. The summed E-state index contributed by atoms with van der Waals surface area (Å²) in [5.74, 6) is -1.21.